The van der Waals surface area contributed by atoms with Crippen molar-refractivity contribution < 1.29 is 4.92 Å². The summed E-state index contributed by atoms with van der Waals surface area (Å²) in [7, 11) is 0. The second-order valence-electron chi connectivity index (χ2n) is 6.89. The maximum absolute atomic E-state index is 11.1. The average molecular weight is 432 g/mol. The molecule has 10 heteroatoms. The van der Waals surface area contributed by atoms with Gasteiger partial charge in [-0.3, -0.25) is 10.1 Å². The quantitative estimate of drug-likeness (QED) is 0.320. The van der Waals surface area contributed by atoms with Crippen molar-refractivity contribution in [2.75, 3.05) is 5.32 Å². The molecule has 9 nitrogen and oxygen atoms in total. The second kappa shape index (κ2) is 7.62. The van der Waals surface area contributed by atoms with Crippen LogP contribution in [0.1, 0.15) is 11.1 Å². The van der Waals surface area contributed by atoms with Gasteiger partial charge in [0, 0.05) is 34.4 Å². The Morgan fingerprint density at radius 2 is 1.94 bits per heavy atom. The van der Waals surface area contributed by atoms with Gasteiger partial charge in [0.1, 0.15) is 18.5 Å². The number of pyridine rings is 1. The molecule has 0 atom stereocenters. The smallest absolute Gasteiger partial charge is 0.270 e. The number of benzene rings is 2. The van der Waals surface area contributed by atoms with Crippen LogP contribution in [0.3, 0.4) is 0 Å². The minimum absolute atomic E-state index is 0.0247. The van der Waals surface area contributed by atoms with E-state index in [9.17, 15) is 10.1 Å². The number of nitrogens with one attached hydrogen (secondary N) is 1. The number of nitro groups is 1. The molecule has 0 saturated heterocycles. The second-order valence-corrected chi connectivity index (χ2v) is 7.29. The van der Waals surface area contributed by atoms with Crippen molar-refractivity contribution in [1.82, 2.24) is 24.6 Å². The molecule has 0 unspecified atom stereocenters. The molecule has 3 aromatic heterocycles. The van der Waals surface area contributed by atoms with Gasteiger partial charge < -0.3 is 5.32 Å². The molecule has 0 spiro atoms. The van der Waals surface area contributed by atoms with Gasteiger partial charge in [-0.25, -0.2) is 19.5 Å². The molecule has 2 aromatic carbocycles. The lowest BCUT2D eigenvalue weighted by atomic mass is 10.1. The van der Waals surface area contributed by atoms with Crippen molar-refractivity contribution in [2.45, 2.75) is 6.42 Å². The summed E-state index contributed by atoms with van der Waals surface area (Å²) in [6.45, 7) is 0. The van der Waals surface area contributed by atoms with Crippen molar-refractivity contribution in [3.63, 3.8) is 0 Å². The number of hydrogen-bond acceptors (Lipinski definition) is 7. The van der Waals surface area contributed by atoms with Crippen molar-refractivity contribution >= 4 is 45.3 Å². The lowest BCUT2D eigenvalue weighted by Gasteiger charge is -2.11. The Morgan fingerprint density at radius 3 is 2.77 bits per heavy atom. The van der Waals surface area contributed by atoms with Crippen LogP contribution >= 0.6 is 11.6 Å². The molecule has 0 fully saturated rings. The topological polar surface area (TPSA) is 111 Å². The largest absolute Gasteiger partial charge is 0.340 e. The van der Waals surface area contributed by atoms with Gasteiger partial charge in [0.25, 0.3) is 5.69 Å². The first kappa shape index (κ1) is 18.9. The first-order chi connectivity index (χ1) is 15.1. The molecule has 5 rings (SSSR count). The number of fused-ring (bicyclic) bond motifs is 2. The monoisotopic (exact) mass is 431 g/mol. The highest BCUT2D eigenvalue weighted by Gasteiger charge is 2.12. The zero-order valence-corrected chi connectivity index (χ0v) is 16.7. The Morgan fingerprint density at radius 1 is 1.03 bits per heavy atom. The Hall–Kier alpha value is -4.11. The molecule has 0 radical (unpaired) electrons. The third-order valence-corrected chi connectivity index (χ3v) is 5.24. The van der Waals surface area contributed by atoms with Crippen LogP contribution in [-0.2, 0) is 6.42 Å². The summed E-state index contributed by atoms with van der Waals surface area (Å²) in [4.78, 5) is 23.3. The van der Waals surface area contributed by atoms with Crippen molar-refractivity contribution in [3.8, 4) is 0 Å². The lowest BCUT2D eigenvalue weighted by molar-refractivity contribution is -0.384. The molecule has 31 heavy (non-hydrogen) atoms. The van der Waals surface area contributed by atoms with E-state index < -0.39 is 4.92 Å². The Kier molecular flexibility index (Phi) is 4.64. The van der Waals surface area contributed by atoms with Gasteiger partial charge in [-0.1, -0.05) is 17.7 Å². The third kappa shape index (κ3) is 3.74. The van der Waals surface area contributed by atoms with E-state index in [2.05, 4.69) is 25.4 Å². The van der Waals surface area contributed by atoms with Gasteiger partial charge in [-0.2, -0.15) is 5.10 Å². The molecule has 0 aliphatic heterocycles. The summed E-state index contributed by atoms with van der Waals surface area (Å²) in [6.07, 6.45) is 5.43. The maximum Gasteiger partial charge on any atom is 0.270 e. The van der Waals surface area contributed by atoms with E-state index in [1.165, 1.54) is 24.8 Å². The summed E-state index contributed by atoms with van der Waals surface area (Å²) < 4.78 is 1.70. The molecule has 0 amide bonds. The number of aromatic nitrogens is 5. The van der Waals surface area contributed by atoms with Gasteiger partial charge in [0.2, 0.25) is 0 Å². The Bertz CT molecular complexity index is 1450. The van der Waals surface area contributed by atoms with Crippen molar-refractivity contribution in [1.29, 1.82) is 0 Å². The van der Waals surface area contributed by atoms with Crippen molar-refractivity contribution in [2.24, 2.45) is 0 Å². The molecule has 5 aromatic rings. The number of rotatable bonds is 5. The summed E-state index contributed by atoms with van der Waals surface area (Å²) in [5.74, 6) is 0.467. The maximum atomic E-state index is 11.1. The number of non-ortho nitro benzene ring substituents is 1. The third-order valence-electron chi connectivity index (χ3n) is 4.89. The van der Waals surface area contributed by atoms with Gasteiger partial charge in [0.15, 0.2) is 5.65 Å². The molecule has 3 heterocycles. The van der Waals surface area contributed by atoms with Crippen LogP contribution in [0.4, 0.5) is 17.2 Å². The first-order valence-corrected chi connectivity index (χ1v) is 9.67. The van der Waals surface area contributed by atoms with Crippen LogP contribution in [0.2, 0.25) is 5.02 Å². The molecule has 0 saturated carbocycles. The SMILES string of the molecule is O=[N+]([O-])c1ccc2ncnc(Nc3ccc(Cc4ccn5ncnc5c4)c(Cl)c3)c2c1. The lowest BCUT2D eigenvalue weighted by Crippen LogP contribution is -1.98. The van der Waals surface area contributed by atoms with Gasteiger partial charge >= 0.3 is 0 Å². The number of nitrogens with zero attached hydrogens (tertiary/aromatic N) is 6. The zero-order chi connectivity index (χ0) is 21.4. The Labute approximate surface area is 180 Å². The van der Waals surface area contributed by atoms with Crippen LogP contribution in [0.25, 0.3) is 16.6 Å². The molecule has 1 N–H and O–H groups in total. The van der Waals surface area contributed by atoms with Gasteiger partial charge in [-0.05, 0) is 47.9 Å². The van der Waals surface area contributed by atoms with E-state index >= 15 is 0 Å². The van der Waals surface area contributed by atoms with Gasteiger partial charge in [-0.15, -0.1) is 0 Å². The molecular formula is C21H14ClN7O2. The summed E-state index contributed by atoms with van der Waals surface area (Å²) >= 11 is 6.53. The summed E-state index contributed by atoms with van der Waals surface area (Å²) in [5.41, 5.74) is 4.10. The fourth-order valence-electron chi connectivity index (χ4n) is 3.35. The van der Waals surface area contributed by atoms with E-state index in [4.69, 9.17) is 11.6 Å². The van der Waals surface area contributed by atoms with E-state index in [0.29, 0.717) is 33.9 Å². The van der Waals surface area contributed by atoms with E-state index in [1.54, 1.807) is 16.6 Å². The minimum Gasteiger partial charge on any atom is -0.340 e. The van der Waals surface area contributed by atoms with E-state index in [0.717, 1.165) is 16.8 Å². The molecule has 0 aliphatic carbocycles. The number of hydrogen-bond donors (Lipinski definition) is 1. The first-order valence-electron chi connectivity index (χ1n) is 9.30. The minimum atomic E-state index is -0.446. The van der Waals surface area contributed by atoms with E-state index in [1.807, 2.05) is 30.5 Å². The Balaban J connectivity index is 1.42. The highest BCUT2D eigenvalue weighted by molar-refractivity contribution is 6.31. The predicted molar refractivity (Wildman–Crippen MR) is 117 cm³/mol. The zero-order valence-electron chi connectivity index (χ0n) is 15.9. The number of anilines is 2. The average Bonchev–Trinajstić information content (AvgIpc) is 3.23. The standard InChI is InChI=1S/C21H14ClN7O2/c22-18-9-15(2-1-14(18)7-13-5-6-28-20(8-13)24-12-26-28)27-21-17-10-16(29(30)31)3-4-19(17)23-11-25-21/h1-6,8-12H,7H2,(H,23,25,27). The van der Waals surface area contributed by atoms with E-state index in [-0.39, 0.29) is 5.69 Å². The molecule has 0 aliphatic rings. The van der Waals surface area contributed by atoms with Crippen LogP contribution < -0.4 is 5.32 Å². The highest BCUT2D eigenvalue weighted by atomic mass is 35.5. The molecule has 0 bridgehead atoms. The summed E-state index contributed by atoms with van der Waals surface area (Å²) in [5, 5.41) is 19.6. The molecule has 152 valence electrons. The van der Waals surface area contributed by atoms with Crippen LogP contribution in [-0.4, -0.2) is 29.5 Å². The predicted octanol–water partition coefficient (Wildman–Crippen LogP) is 4.57. The fourth-order valence-corrected chi connectivity index (χ4v) is 3.60. The van der Waals surface area contributed by atoms with Crippen LogP contribution in [0.5, 0.6) is 0 Å². The van der Waals surface area contributed by atoms with Gasteiger partial charge in [0.05, 0.1) is 10.4 Å². The normalized spacial score (nSPS) is 11.1. The van der Waals surface area contributed by atoms with Crippen LogP contribution in [0, 0.1) is 10.1 Å². The molecular weight excluding hydrogens is 418 g/mol. The summed E-state index contributed by atoms with van der Waals surface area (Å²) in [6, 6.07) is 14.0. The number of nitro benzene ring substituents is 1. The van der Waals surface area contributed by atoms with Crippen LogP contribution in [0.15, 0.2) is 67.4 Å². The number of halogens is 1. The fraction of sp³-hybridized carbons (Fsp3) is 0.0476. The van der Waals surface area contributed by atoms with Crippen molar-refractivity contribution in [3.05, 3.63) is 93.6 Å². The highest BCUT2D eigenvalue weighted by Crippen LogP contribution is 2.29.